The molecule has 0 radical (unpaired) electrons. The van der Waals surface area contributed by atoms with E-state index in [2.05, 4.69) is 73.5 Å². The first-order valence-electron chi connectivity index (χ1n) is 27.8. The molecule has 0 spiro atoms. The van der Waals surface area contributed by atoms with Gasteiger partial charge < -0.3 is 68.0 Å². The number of imidazole rings is 2. The SMILES string of the molecule is COC(=O)CCC1=c2ccc([nH]2)=C(C#CC#CC2=c3ccc([nH]3)=C(CCC(=O)OC)c3ccc([nH]3)C(n3ccnc3)=c3ccc([nH]3)=C(CCC(=O)OC)c3ccc2[nH]3)c2ccc([nH]2)C(CCC(=O)OC)=c2ccc([nH]2)=C(n2ccnc2)c2ccc1[nH]2. The first kappa shape index (κ1) is 55.2. The lowest BCUT2D eigenvalue weighted by atomic mass is 10.1. The fourth-order valence-corrected chi connectivity index (χ4v) is 11.1. The van der Waals surface area contributed by atoms with Crippen LogP contribution in [0.1, 0.15) is 96.9 Å². The molecule has 2 aliphatic rings. The van der Waals surface area contributed by atoms with Crippen molar-refractivity contribution in [3.63, 3.8) is 0 Å². The highest BCUT2D eigenvalue weighted by Gasteiger charge is 2.20. The van der Waals surface area contributed by atoms with Crippen molar-refractivity contribution in [2.75, 3.05) is 28.4 Å². The van der Waals surface area contributed by atoms with Crippen molar-refractivity contribution in [2.24, 2.45) is 0 Å². The lowest BCUT2D eigenvalue weighted by molar-refractivity contribution is -0.141. The molecule has 0 unspecified atom stereocenters. The second kappa shape index (κ2) is 24.2. The summed E-state index contributed by atoms with van der Waals surface area (Å²) in [5.41, 5.74) is 12.1. The molecular weight excluding hydrogens is 1090 g/mol. The van der Waals surface area contributed by atoms with Crippen LogP contribution in [0.5, 0.6) is 0 Å². The van der Waals surface area contributed by atoms with Crippen LogP contribution in [0, 0.1) is 23.7 Å². The van der Waals surface area contributed by atoms with Crippen LogP contribution in [0.15, 0.2) is 135 Å². The summed E-state index contributed by atoms with van der Waals surface area (Å²) in [4.78, 5) is 88.9. The quantitative estimate of drug-likeness (QED) is 0.0448. The predicted octanol–water partition coefficient (Wildman–Crippen LogP) is 2.45. The monoisotopic (exact) mass is 1150 g/mol. The summed E-state index contributed by atoms with van der Waals surface area (Å²) in [6.07, 6.45) is 12.5. The third kappa shape index (κ3) is 11.3. The number of methoxy groups -OCH3 is 4. The molecule has 0 amide bonds. The van der Waals surface area contributed by atoms with Crippen molar-refractivity contribution in [1.82, 2.24) is 59.0 Å². The van der Waals surface area contributed by atoms with E-state index in [0.717, 1.165) is 99.9 Å². The third-order valence-electron chi connectivity index (χ3n) is 15.4. The molecule has 0 saturated carbocycles. The number of carbonyl (C=O) groups is 4. The second-order valence-electron chi connectivity index (χ2n) is 20.4. The first-order chi connectivity index (χ1) is 42.1. The van der Waals surface area contributed by atoms with E-state index in [-0.39, 0.29) is 49.6 Å². The summed E-state index contributed by atoms with van der Waals surface area (Å²) < 4.78 is 24.3. The number of hydrogen-bond donors (Lipinski definition) is 8. The summed E-state index contributed by atoms with van der Waals surface area (Å²) in [5.74, 6) is 11.8. The van der Waals surface area contributed by atoms with Crippen molar-refractivity contribution in [2.45, 2.75) is 51.4 Å². The smallest absolute Gasteiger partial charge is 0.305 e. The van der Waals surface area contributed by atoms with Crippen LogP contribution in [0.3, 0.4) is 0 Å². The number of nitrogens with zero attached hydrogens (tertiary/aromatic N) is 4. The molecule has 10 aromatic rings. The van der Waals surface area contributed by atoms with Crippen LogP contribution in [-0.2, 0) is 38.1 Å². The number of hydrogen-bond acceptors (Lipinski definition) is 10. The van der Waals surface area contributed by atoms with Crippen molar-refractivity contribution in [3.8, 4) is 23.7 Å². The van der Waals surface area contributed by atoms with Crippen molar-refractivity contribution < 1.29 is 38.1 Å². The van der Waals surface area contributed by atoms with E-state index in [1.165, 1.54) is 28.4 Å². The van der Waals surface area contributed by atoms with Gasteiger partial charge in [-0.1, -0.05) is 0 Å². The van der Waals surface area contributed by atoms with Crippen LogP contribution < -0.4 is 42.8 Å². The van der Waals surface area contributed by atoms with E-state index in [9.17, 15) is 19.2 Å². The molecule has 10 aromatic heterocycles. The van der Waals surface area contributed by atoms with Gasteiger partial charge in [-0.15, -0.1) is 0 Å². The maximum absolute atomic E-state index is 12.8. The van der Waals surface area contributed by atoms with E-state index in [4.69, 9.17) is 18.9 Å². The Morgan fingerprint density at radius 2 is 0.640 bits per heavy atom. The Morgan fingerprint density at radius 1 is 0.360 bits per heavy atom. The van der Waals surface area contributed by atoms with E-state index in [1.54, 1.807) is 25.0 Å². The minimum absolute atomic E-state index is 0.123. The average Bonchev–Trinajstić information content (AvgIpc) is 4.48. The number of nitrogens with one attached hydrogen (secondary N) is 8. The molecule has 0 saturated heterocycles. The largest absolute Gasteiger partial charge is 0.469 e. The van der Waals surface area contributed by atoms with Crippen molar-refractivity contribution in [1.29, 1.82) is 0 Å². The van der Waals surface area contributed by atoms with E-state index >= 15 is 0 Å². The molecule has 12 heterocycles. The number of ether oxygens (including phenoxy) is 4. The van der Waals surface area contributed by atoms with Gasteiger partial charge in [0.05, 0.1) is 108 Å². The molecule has 16 bridgehead atoms. The zero-order valence-electron chi connectivity index (χ0n) is 47.4. The third-order valence-corrected chi connectivity index (χ3v) is 15.4. The normalized spacial score (nSPS) is 12.8. The van der Waals surface area contributed by atoms with E-state index < -0.39 is 0 Å². The van der Waals surface area contributed by atoms with Gasteiger partial charge in [0.2, 0.25) is 0 Å². The first-order valence-corrected chi connectivity index (χ1v) is 27.8. The summed E-state index contributed by atoms with van der Waals surface area (Å²) in [5, 5.41) is 5.95. The van der Waals surface area contributed by atoms with Crippen LogP contribution in [0.4, 0.5) is 0 Å². The Morgan fingerprint density at radius 3 is 0.953 bits per heavy atom. The molecule has 86 heavy (non-hydrogen) atoms. The van der Waals surface area contributed by atoms with Gasteiger partial charge in [0, 0.05) is 94.6 Å². The Balaban J connectivity index is 1.06. The highest BCUT2D eigenvalue weighted by Crippen LogP contribution is 2.25. The molecule has 0 atom stereocenters. The van der Waals surface area contributed by atoms with E-state index in [0.29, 0.717) is 58.9 Å². The average molecular weight is 1150 g/mol. The molecule has 430 valence electrons. The maximum atomic E-state index is 12.8. The van der Waals surface area contributed by atoms with Gasteiger partial charge in [0.25, 0.3) is 0 Å². The van der Waals surface area contributed by atoms with Gasteiger partial charge in [-0.3, -0.25) is 19.2 Å². The Labute approximate surface area is 490 Å². The summed E-state index contributed by atoms with van der Waals surface area (Å²) in [6.45, 7) is 0. The maximum Gasteiger partial charge on any atom is 0.305 e. The predicted molar refractivity (Wildman–Crippen MR) is 319 cm³/mol. The van der Waals surface area contributed by atoms with Crippen molar-refractivity contribution >= 4 is 68.7 Å². The lowest BCUT2D eigenvalue weighted by Crippen LogP contribution is -2.20. The molecule has 20 heteroatoms. The molecule has 0 aromatic carbocycles. The molecule has 0 aliphatic carbocycles. The molecule has 2 aliphatic heterocycles. The lowest BCUT2D eigenvalue weighted by Gasteiger charge is -2.08. The van der Waals surface area contributed by atoms with Gasteiger partial charge >= 0.3 is 23.9 Å². The number of carbonyl (C=O) groups excluding carboxylic acids is 4. The van der Waals surface area contributed by atoms with Crippen molar-refractivity contribution in [3.05, 3.63) is 223 Å². The summed E-state index contributed by atoms with van der Waals surface area (Å²) in [6, 6.07) is 31.6. The number of H-pyrrole nitrogens is 8. The van der Waals surface area contributed by atoms with Crippen LogP contribution in [0.2, 0.25) is 0 Å². The molecule has 20 nitrogen and oxygen atoms in total. The van der Waals surface area contributed by atoms with Crippen LogP contribution in [-0.4, -0.2) is 111 Å². The minimum atomic E-state index is -0.350. The number of aromatic nitrogens is 12. The van der Waals surface area contributed by atoms with Gasteiger partial charge in [0.1, 0.15) is 0 Å². The topological polar surface area (TPSA) is 267 Å². The van der Waals surface area contributed by atoms with E-state index in [1.807, 2.05) is 119 Å². The summed E-state index contributed by atoms with van der Waals surface area (Å²) in [7, 11) is 5.52. The zero-order valence-corrected chi connectivity index (χ0v) is 47.4. The van der Waals surface area contributed by atoms with Gasteiger partial charge in [-0.05, 0) is 169 Å². The summed E-state index contributed by atoms with van der Waals surface area (Å²) >= 11 is 0. The highest BCUT2D eigenvalue weighted by atomic mass is 16.5. The molecule has 12 rings (SSSR count). The molecule has 8 N–H and O–H groups in total. The van der Waals surface area contributed by atoms with Crippen LogP contribution in [0.25, 0.3) is 44.8 Å². The van der Waals surface area contributed by atoms with Crippen LogP contribution >= 0.6 is 0 Å². The van der Waals surface area contributed by atoms with Gasteiger partial charge in [-0.25, -0.2) is 9.97 Å². The van der Waals surface area contributed by atoms with Gasteiger partial charge in [0.15, 0.2) is 0 Å². The Kier molecular flexibility index (Phi) is 15.5. The minimum Gasteiger partial charge on any atom is -0.469 e. The Hall–Kier alpha value is -11.4. The fourth-order valence-electron chi connectivity index (χ4n) is 11.1. The number of aromatic amines is 8. The fraction of sp³-hybridized carbons (Fsp3) is 0.182. The second-order valence-corrected chi connectivity index (χ2v) is 20.4. The zero-order chi connectivity index (χ0) is 59.3. The number of rotatable bonds is 14. The molecular formula is C66H58N12O8. The standard InChI is InChI=1S/C66H58N12O8/c1-83-61(79)29-9-41-49-17-13-45(69-49)39(46-14-18-50(70-46)42(10-30-62(80)84-2)54-22-26-58(74-54)65(77-35-33-67-37-77)57-25-21-53(41)73-57)7-5-6-8-40-47-15-19-51(71-47)43(11-31-63(81)85-3)55-23-27-59(75-55)66(78-36-34-68-38-78)60-28-24-56(76-60)44(12-32-64(82)86-4)52-20-16-48(40)72-52/h13-28,33-38,69-76H,9-12,29-32H2,1-4H3. The highest BCUT2D eigenvalue weighted by molar-refractivity contribution is 5.83. The number of esters is 4. The number of fused-ring (bicyclic) bond motifs is 16. The molecule has 0 fully saturated rings. The Bertz CT molecular complexity index is 4630. The van der Waals surface area contributed by atoms with Gasteiger partial charge in [-0.2, -0.15) is 0 Å².